The Morgan fingerprint density at radius 3 is 3.09 bits per heavy atom. The number of hydrogen-bond donors (Lipinski definition) is 2. The van der Waals surface area contributed by atoms with Crippen LogP contribution >= 0.6 is 0 Å². The van der Waals surface area contributed by atoms with Gasteiger partial charge in [-0.1, -0.05) is 19.1 Å². The van der Waals surface area contributed by atoms with Crippen LogP contribution in [0, 0.1) is 5.92 Å². The van der Waals surface area contributed by atoms with Gasteiger partial charge in [0.05, 0.1) is 0 Å². The molecule has 126 valence electrons. The van der Waals surface area contributed by atoms with Crippen molar-refractivity contribution in [2.45, 2.75) is 45.4 Å². The number of guanidine groups is 1. The fourth-order valence-corrected chi connectivity index (χ4v) is 3.88. The van der Waals surface area contributed by atoms with Crippen molar-refractivity contribution in [1.29, 1.82) is 0 Å². The van der Waals surface area contributed by atoms with Crippen LogP contribution in [0.1, 0.15) is 43.7 Å². The van der Waals surface area contributed by atoms with Crippen molar-refractivity contribution >= 4 is 11.6 Å². The highest BCUT2D eigenvalue weighted by molar-refractivity contribution is 5.93. The fourth-order valence-electron chi connectivity index (χ4n) is 3.88. The van der Waals surface area contributed by atoms with Crippen LogP contribution < -0.4 is 11.1 Å². The molecular formula is C19H30N4. The summed E-state index contributed by atoms with van der Waals surface area (Å²) in [6.45, 7) is 6.69. The average Bonchev–Trinajstić information content (AvgIpc) is 3.01. The number of nitrogens with two attached hydrogens (primary N) is 1. The van der Waals surface area contributed by atoms with Crippen molar-refractivity contribution in [2.24, 2.45) is 16.6 Å². The summed E-state index contributed by atoms with van der Waals surface area (Å²) < 4.78 is 0. The maximum atomic E-state index is 6.14. The minimum absolute atomic E-state index is 0.568. The van der Waals surface area contributed by atoms with Gasteiger partial charge in [0, 0.05) is 18.8 Å². The number of aryl methyl sites for hydroxylation is 1. The van der Waals surface area contributed by atoms with Gasteiger partial charge in [0.15, 0.2) is 5.96 Å². The Kier molecular flexibility index (Phi) is 5.55. The van der Waals surface area contributed by atoms with Gasteiger partial charge in [-0.05, 0) is 74.7 Å². The van der Waals surface area contributed by atoms with Gasteiger partial charge in [-0.25, -0.2) is 0 Å². The third-order valence-electron chi connectivity index (χ3n) is 5.09. The molecule has 1 fully saturated rings. The number of rotatable bonds is 5. The lowest BCUT2D eigenvalue weighted by atomic mass is 9.90. The predicted octanol–water partition coefficient (Wildman–Crippen LogP) is 3.02. The van der Waals surface area contributed by atoms with Gasteiger partial charge < -0.3 is 16.0 Å². The molecule has 0 spiro atoms. The Morgan fingerprint density at radius 2 is 2.22 bits per heavy atom. The molecule has 1 atom stereocenters. The first-order valence-electron chi connectivity index (χ1n) is 9.16. The van der Waals surface area contributed by atoms with Crippen LogP contribution in [0.2, 0.25) is 0 Å². The summed E-state index contributed by atoms with van der Waals surface area (Å²) in [6, 6.07) is 6.50. The quantitative estimate of drug-likeness (QED) is 0.649. The summed E-state index contributed by atoms with van der Waals surface area (Å²) >= 11 is 0. The Bertz CT molecular complexity index is 552. The molecule has 2 aliphatic rings. The molecule has 23 heavy (non-hydrogen) atoms. The van der Waals surface area contributed by atoms with E-state index in [1.54, 1.807) is 0 Å². The summed E-state index contributed by atoms with van der Waals surface area (Å²) in [5.41, 5.74) is 10.2. The molecule has 3 N–H and O–H groups in total. The number of likely N-dealkylation sites (tertiary alicyclic amines) is 1. The van der Waals surface area contributed by atoms with Crippen LogP contribution in [-0.4, -0.2) is 37.0 Å². The third-order valence-corrected chi connectivity index (χ3v) is 5.09. The number of anilines is 1. The Morgan fingerprint density at radius 1 is 1.35 bits per heavy atom. The average molecular weight is 314 g/mol. The molecule has 4 nitrogen and oxygen atoms in total. The monoisotopic (exact) mass is 314 g/mol. The first kappa shape index (κ1) is 16.3. The third kappa shape index (κ3) is 4.25. The zero-order valence-corrected chi connectivity index (χ0v) is 14.4. The summed E-state index contributed by atoms with van der Waals surface area (Å²) in [5, 5.41) is 3.34. The number of aliphatic imine (C=N–C) groups is 1. The van der Waals surface area contributed by atoms with Crippen LogP contribution in [0.4, 0.5) is 5.69 Å². The predicted molar refractivity (Wildman–Crippen MR) is 98.0 cm³/mol. The molecule has 4 heteroatoms. The molecule has 1 aromatic rings. The fraction of sp³-hybridized carbons (Fsp3) is 0.632. The number of nitrogens with zero attached hydrogens (tertiary/aromatic N) is 2. The molecule has 1 unspecified atom stereocenters. The normalized spacial score (nSPS) is 22.1. The van der Waals surface area contributed by atoms with Crippen molar-refractivity contribution < 1.29 is 0 Å². The zero-order valence-electron chi connectivity index (χ0n) is 14.4. The highest BCUT2D eigenvalue weighted by Crippen LogP contribution is 2.27. The standard InChI is InChI=1S/C19H30N4/c1-2-11-23-12-10-15(14-23)13-21-19(20)22-18-9-5-7-16-6-3-4-8-17(16)18/h5,7,9,15H,2-4,6,8,10-14H2,1H3,(H3,20,21,22). The van der Waals surface area contributed by atoms with Crippen molar-refractivity contribution in [3.8, 4) is 0 Å². The van der Waals surface area contributed by atoms with Crippen LogP contribution in [0.15, 0.2) is 23.2 Å². The summed E-state index contributed by atoms with van der Waals surface area (Å²) in [7, 11) is 0. The maximum absolute atomic E-state index is 6.14. The number of benzene rings is 1. The first-order valence-corrected chi connectivity index (χ1v) is 9.16. The van der Waals surface area contributed by atoms with E-state index >= 15 is 0 Å². The van der Waals surface area contributed by atoms with Gasteiger partial charge >= 0.3 is 0 Å². The van der Waals surface area contributed by atoms with Gasteiger partial charge in [-0.3, -0.25) is 4.99 Å². The summed E-state index contributed by atoms with van der Waals surface area (Å²) in [5.74, 6) is 1.23. The summed E-state index contributed by atoms with van der Waals surface area (Å²) in [6.07, 6.45) is 7.40. The van der Waals surface area contributed by atoms with Gasteiger partial charge in [-0.2, -0.15) is 0 Å². The Labute approximate surface area is 140 Å². The molecule has 0 amide bonds. The van der Waals surface area contributed by atoms with Crippen molar-refractivity contribution in [2.75, 3.05) is 31.5 Å². The highest BCUT2D eigenvalue weighted by Gasteiger charge is 2.21. The molecular weight excluding hydrogens is 284 g/mol. The second kappa shape index (κ2) is 7.82. The second-order valence-corrected chi connectivity index (χ2v) is 6.96. The smallest absolute Gasteiger partial charge is 0.193 e. The van der Waals surface area contributed by atoms with E-state index in [1.165, 1.54) is 62.9 Å². The van der Waals surface area contributed by atoms with E-state index in [0.717, 1.165) is 18.7 Å². The van der Waals surface area contributed by atoms with Gasteiger partial charge in [0.2, 0.25) is 0 Å². The molecule has 1 saturated heterocycles. The topological polar surface area (TPSA) is 53.6 Å². The molecule has 0 radical (unpaired) electrons. The van der Waals surface area contributed by atoms with Crippen LogP contribution in [0.25, 0.3) is 0 Å². The van der Waals surface area contributed by atoms with Crippen LogP contribution in [-0.2, 0) is 12.8 Å². The van der Waals surface area contributed by atoms with E-state index < -0.39 is 0 Å². The lowest BCUT2D eigenvalue weighted by molar-refractivity contribution is 0.326. The van der Waals surface area contributed by atoms with E-state index in [2.05, 4.69) is 40.3 Å². The maximum Gasteiger partial charge on any atom is 0.193 e. The lowest BCUT2D eigenvalue weighted by Crippen LogP contribution is -2.26. The van der Waals surface area contributed by atoms with E-state index in [4.69, 9.17) is 5.73 Å². The van der Waals surface area contributed by atoms with E-state index in [0.29, 0.717) is 11.9 Å². The number of hydrogen-bond acceptors (Lipinski definition) is 2. The lowest BCUT2D eigenvalue weighted by Gasteiger charge is -2.20. The minimum Gasteiger partial charge on any atom is -0.370 e. The Hall–Kier alpha value is -1.55. The molecule has 3 rings (SSSR count). The highest BCUT2D eigenvalue weighted by atomic mass is 15.2. The minimum atomic E-state index is 0.568. The molecule has 1 aliphatic carbocycles. The SMILES string of the molecule is CCCN1CCC(CN=C(N)Nc2cccc3c2CCCC3)C1. The van der Waals surface area contributed by atoms with Crippen molar-refractivity contribution in [3.05, 3.63) is 29.3 Å². The van der Waals surface area contributed by atoms with E-state index in [-0.39, 0.29) is 0 Å². The molecule has 1 heterocycles. The largest absolute Gasteiger partial charge is 0.370 e. The first-order chi connectivity index (χ1) is 11.3. The molecule has 0 bridgehead atoms. The number of fused-ring (bicyclic) bond motifs is 1. The summed E-state index contributed by atoms with van der Waals surface area (Å²) in [4.78, 5) is 7.14. The van der Waals surface area contributed by atoms with Crippen molar-refractivity contribution in [3.63, 3.8) is 0 Å². The number of nitrogens with one attached hydrogen (secondary N) is 1. The molecule has 1 aromatic carbocycles. The molecule has 0 aromatic heterocycles. The van der Waals surface area contributed by atoms with E-state index in [9.17, 15) is 0 Å². The Balaban J connectivity index is 1.56. The van der Waals surface area contributed by atoms with Gasteiger partial charge in [-0.15, -0.1) is 0 Å². The van der Waals surface area contributed by atoms with Crippen LogP contribution in [0.5, 0.6) is 0 Å². The molecule has 1 aliphatic heterocycles. The van der Waals surface area contributed by atoms with Gasteiger partial charge in [0.25, 0.3) is 0 Å². The molecule has 0 saturated carbocycles. The second-order valence-electron chi connectivity index (χ2n) is 6.96. The van der Waals surface area contributed by atoms with E-state index in [1.807, 2.05) is 0 Å². The van der Waals surface area contributed by atoms with Gasteiger partial charge in [0.1, 0.15) is 0 Å². The van der Waals surface area contributed by atoms with Crippen LogP contribution in [0.3, 0.4) is 0 Å². The van der Waals surface area contributed by atoms with Crippen molar-refractivity contribution in [1.82, 2.24) is 4.90 Å². The zero-order chi connectivity index (χ0) is 16.1.